The average Bonchev–Trinajstić information content (AvgIpc) is 3.18. The maximum absolute atomic E-state index is 14.0. The van der Waals surface area contributed by atoms with Crippen LogP contribution in [0.25, 0.3) is 22.2 Å². The van der Waals surface area contributed by atoms with Gasteiger partial charge in [-0.05, 0) is 69.6 Å². The number of carbonyl (C=O) groups excluding carboxylic acids is 2. The highest BCUT2D eigenvalue weighted by molar-refractivity contribution is 7.95. The molecule has 1 saturated heterocycles. The SMILES string of the molecule is CN1CCN(C(=O)C2Cc3ccccc3-c3c(C4CCCCC4)c4ccc(C(=O)NSN(C)C)cc4n3C2)CC1. The van der Waals surface area contributed by atoms with Crippen LogP contribution in [-0.2, 0) is 17.8 Å². The van der Waals surface area contributed by atoms with Gasteiger partial charge in [0, 0.05) is 66.9 Å². The number of fused-ring (bicyclic) bond motifs is 5. The van der Waals surface area contributed by atoms with Crippen LogP contribution in [-0.4, -0.2) is 77.8 Å². The molecule has 1 saturated carbocycles. The molecule has 40 heavy (non-hydrogen) atoms. The number of carbonyl (C=O) groups is 2. The van der Waals surface area contributed by atoms with Gasteiger partial charge in [0.05, 0.1) is 11.6 Å². The van der Waals surface area contributed by atoms with E-state index in [2.05, 4.69) is 62.5 Å². The number of likely N-dealkylation sites (N-methyl/N-ethyl adjacent to an activating group) is 1. The number of aromatic nitrogens is 1. The molecule has 3 aromatic rings. The lowest BCUT2D eigenvalue weighted by Gasteiger charge is -2.34. The third-order valence-electron chi connectivity index (χ3n) is 9.01. The van der Waals surface area contributed by atoms with Crippen molar-refractivity contribution < 1.29 is 9.59 Å². The zero-order chi connectivity index (χ0) is 27.8. The molecule has 8 heteroatoms. The first kappa shape index (κ1) is 27.4. The van der Waals surface area contributed by atoms with Crippen LogP contribution in [0.2, 0.25) is 0 Å². The zero-order valence-electron chi connectivity index (χ0n) is 24.0. The number of nitrogens with one attached hydrogen (secondary N) is 1. The van der Waals surface area contributed by atoms with Gasteiger partial charge in [0.2, 0.25) is 5.91 Å². The Morgan fingerprint density at radius 1 is 0.975 bits per heavy atom. The van der Waals surface area contributed by atoms with Crippen LogP contribution < -0.4 is 4.72 Å². The fraction of sp³-hybridized carbons (Fsp3) is 0.500. The minimum atomic E-state index is -0.137. The summed E-state index contributed by atoms with van der Waals surface area (Å²) in [6.07, 6.45) is 6.94. The number of amides is 2. The van der Waals surface area contributed by atoms with Gasteiger partial charge in [-0.2, -0.15) is 0 Å². The van der Waals surface area contributed by atoms with Gasteiger partial charge >= 0.3 is 0 Å². The minimum Gasteiger partial charge on any atom is -0.340 e. The topological polar surface area (TPSA) is 60.8 Å². The average molecular weight is 560 g/mol. The lowest BCUT2D eigenvalue weighted by atomic mass is 9.81. The van der Waals surface area contributed by atoms with E-state index in [1.807, 2.05) is 24.5 Å². The van der Waals surface area contributed by atoms with Gasteiger partial charge in [0.15, 0.2) is 0 Å². The molecule has 3 aliphatic rings. The van der Waals surface area contributed by atoms with Crippen molar-refractivity contribution in [2.45, 2.75) is 51.0 Å². The Morgan fingerprint density at radius 2 is 1.73 bits per heavy atom. The normalized spacial score (nSPS) is 20.3. The summed E-state index contributed by atoms with van der Waals surface area (Å²) in [5, 5.41) is 1.24. The predicted molar refractivity (Wildman–Crippen MR) is 163 cm³/mol. The van der Waals surface area contributed by atoms with Crippen LogP contribution in [0.4, 0.5) is 0 Å². The van der Waals surface area contributed by atoms with Crippen molar-refractivity contribution in [3.8, 4) is 11.3 Å². The molecular weight excluding hydrogens is 518 g/mol. The van der Waals surface area contributed by atoms with Crippen molar-refractivity contribution in [3.05, 3.63) is 59.2 Å². The van der Waals surface area contributed by atoms with Gasteiger partial charge in [-0.3, -0.25) is 14.3 Å². The Balaban J connectivity index is 1.49. The summed E-state index contributed by atoms with van der Waals surface area (Å²) in [6, 6.07) is 14.9. The quantitative estimate of drug-likeness (QED) is 0.438. The van der Waals surface area contributed by atoms with Crippen LogP contribution in [0, 0.1) is 5.92 Å². The maximum atomic E-state index is 14.0. The molecule has 0 radical (unpaired) electrons. The fourth-order valence-corrected chi connectivity index (χ4v) is 7.31. The van der Waals surface area contributed by atoms with Gasteiger partial charge in [-0.15, -0.1) is 0 Å². The highest BCUT2D eigenvalue weighted by Crippen LogP contribution is 2.46. The fourth-order valence-electron chi connectivity index (χ4n) is 6.92. The molecule has 1 atom stereocenters. The van der Waals surface area contributed by atoms with Crippen molar-refractivity contribution in [2.24, 2.45) is 5.92 Å². The second-order valence-electron chi connectivity index (χ2n) is 12.0. The van der Waals surface area contributed by atoms with E-state index in [-0.39, 0.29) is 17.7 Å². The molecule has 3 heterocycles. The van der Waals surface area contributed by atoms with E-state index in [9.17, 15) is 9.59 Å². The molecule has 7 nitrogen and oxygen atoms in total. The van der Waals surface area contributed by atoms with E-state index in [4.69, 9.17) is 0 Å². The third-order valence-corrected chi connectivity index (χ3v) is 9.65. The number of rotatable bonds is 5. The van der Waals surface area contributed by atoms with Crippen molar-refractivity contribution in [1.29, 1.82) is 0 Å². The molecule has 212 valence electrons. The van der Waals surface area contributed by atoms with E-state index in [0.717, 1.165) is 38.1 Å². The molecular formula is C32H41N5O2S. The lowest BCUT2D eigenvalue weighted by molar-refractivity contribution is -0.137. The first-order valence-electron chi connectivity index (χ1n) is 14.8. The lowest BCUT2D eigenvalue weighted by Crippen LogP contribution is -2.49. The number of hydrogen-bond acceptors (Lipinski definition) is 5. The van der Waals surface area contributed by atoms with Gasteiger partial charge in [0.25, 0.3) is 5.91 Å². The highest BCUT2D eigenvalue weighted by Gasteiger charge is 2.35. The van der Waals surface area contributed by atoms with Crippen LogP contribution in [0.15, 0.2) is 42.5 Å². The molecule has 2 aromatic carbocycles. The monoisotopic (exact) mass is 559 g/mol. The van der Waals surface area contributed by atoms with Gasteiger partial charge in [-0.1, -0.05) is 49.6 Å². The molecule has 2 aliphatic heterocycles. The smallest absolute Gasteiger partial charge is 0.262 e. The molecule has 2 amide bonds. The Hall–Kier alpha value is -2.81. The Morgan fingerprint density at radius 3 is 2.48 bits per heavy atom. The molecule has 6 rings (SSSR count). The van der Waals surface area contributed by atoms with Crippen molar-refractivity contribution >= 4 is 34.9 Å². The molecule has 1 unspecified atom stereocenters. The summed E-state index contributed by atoms with van der Waals surface area (Å²) >= 11 is 1.28. The van der Waals surface area contributed by atoms with E-state index in [0.29, 0.717) is 18.0 Å². The van der Waals surface area contributed by atoms with Gasteiger partial charge in [0.1, 0.15) is 0 Å². The number of piperazine rings is 1. The molecule has 1 aromatic heterocycles. The minimum absolute atomic E-state index is 0.102. The van der Waals surface area contributed by atoms with Crippen molar-refractivity contribution in [1.82, 2.24) is 23.4 Å². The van der Waals surface area contributed by atoms with Crippen LogP contribution in [0.5, 0.6) is 0 Å². The van der Waals surface area contributed by atoms with Crippen molar-refractivity contribution in [3.63, 3.8) is 0 Å². The second-order valence-corrected chi connectivity index (χ2v) is 13.1. The molecule has 1 aliphatic carbocycles. The maximum Gasteiger partial charge on any atom is 0.262 e. The van der Waals surface area contributed by atoms with Crippen molar-refractivity contribution in [2.75, 3.05) is 47.3 Å². The van der Waals surface area contributed by atoms with E-state index >= 15 is 0 Å². The molecule has 2 fully saturated rings. The largest absolute Gasteiger partial charge is 0.340 e. The van der Waals surface area contributed by atoms with Gasteiger partial charge < -0.3 is 14.4 Å². The summed E-state index contributed by atoms with van der Waals surface area (Å²) in [5.41, 5.74) is 6.93. The molecule has 0 bridgehead atoms. The van der Waals surface area contributed by atoms with Crippen LogP contribution >= 0.6 is 12.1 Å². The highest BCUT2D eigenvalue weighted by atomic mass is 32.2. The first-order chi connectivity index (χ1) is 19.4. The Labute approximate surface area is 242 Å². The Bertz CT molecular complexity index is 1400. The predicted octanol–water partition coefficient (Wildman–Crippen LogP) is 5.16. The third kappa shape index (κ3) is 5.29. The molecule has 0 spiro atoms. The van der Waals surface area contributed by atoms with E-state index < -0.39 is 0 Å². The van der Waals surface area contributed by atoms with Crippen LogP contribution in [0.3, 0.4) is 0 Å². The first-order valence-corrected chi connectivity index (χ1v) is 15.5. The Kier molecular flexibility index (Phi) is 7.93. The van der Waals surface area contributed by atoms with E-state index in [1.165, 1.54) is 72.0 Å². The number of hydrogen-bond donors (Lipinski definition) is 1. The summed E-state index contributed by atoms with van der Waals surface area (Å²) < 4.78 is 7.21. The summed E-state index contributed by atoms with van der Waals surface area (Å²) in [4.78, 5) is 31.5. The van der Waals surface area contributed by atoms with Crippen LogP contribution in [0.1, 0.15) is 59.5 Å². The standard InChI is InChI=1S/C32H41N5O2S/c1-34(2)40-33-31(38)24-13-14-27-28(20-24)37-21-25(32(39)36-17-15-35(3)16-18-36)19-23-11-7-8-12-26(23)30(37)29(27)22-9-5-4-6-10-22/h7-8,11-14,20,22,25H,4-6,9-10,15-19,21H2,1-3H3,(H,33,38). The zero-order valence-corrected chi connectivity index (χ0v) is 24.8. The molecule has 1 N–H and O–H groups in total. The summed E-state index contributed by atoms with van der Waals surface area (Å²) in [7, 11) is 5.94. The van der Waals surface area contributed by atoms with Gasteiger partial charge in [-0.25, -0.2) is 4.31 Å². The van der Waals surface area contributed by atoms with E-state index in [1.54, 1.807) is 0 Å². The summed E-state index contributed by atoms with van der Waals surface area (Å²) in [6.45, 7) is 4.04. The second kappa shape index (κ2) is 11.6. The summed E-state index contributed by atoms with van der Waals surface area (Å²) in [5.74, 6) is 0.513. The number of nitrogens with zero attached hydrogens (tertiary/aromatic N) is 4. The number of benzene rings is 2.